The number of hydrogen-bond donors (Lipinski definition) is 0. The molecule has 0 atom stereocenters. The van der Waals surface area contributed by atoms with E-state index in [0.717, 1.165) is 18.6 Å². The van der Waals surface area contributed by atoms with Crippen LogP contribution in [0.5, 0.6) is 0 Å². The van der Waals surface area contributed by atoms with Gasteiger partial charge >= 0.3 is 0 Å². The molecule has 0 aromatic heterocycles. The Bertz CT molecular complexity index is 406. The van der Waals surface area contributed by atoms with Crippen LogP contribution in [0.25, 0.3) is 0 Å². The third-order valence-electron chi connectivity index (χ3n) is 2.80. The first-order valence-electron chi connectivity index (χ1n) is 6.12. The Kier molecular flexibility index (Phi) is 3.08. The van der Waals surface area contributed by atoms with Crippen molar-refractivity contribution < 1.29 is 0 Å². The maximum atomic E-state index is 4.50. The highest BCUT2D eigenvalue weighted by atomic mass is 14.9. The fraction of sp³-hybridized carbons (Fsp3) is 0.571. The molecule has 0 N–H and O–H groups in total. The Morgan fingerprint density at radius 1 is 1.06 bits per heavy atom. The van der Waals surface area contributed by atoms with Crippen LogP contribution in [0.4, 0.5) is 0 Å². The van der Waals surface area contributed by atoms with E-state index in [-0.39, 0.29) is 0 Å². The van der Waals surface area contributed by atoms with Gasteiger partial charge in [0.2, 0.25) is 0 Å². The van der Waals surface area contributed by atoms with Crippen LogP contribution in [0.2, 0.25) is 0 Å². The summed E-state index contributed by atoms with van der Waals surface area (Å²) in [6.07, 6.45) is 6.10. The van der Waals surface area contributed by atoms with Crippen LogP contribution in [0, 0.1) is 11.8 Å². The average Bonchev–Trinajstić information content (AvgIpc) is 2.69. The summed E-state index contributed by atoms with van der Waals surface area (Å²) in [5.74, 6) is 1.33. The second-order valence-corrected chi connectivity index (χ2v) is 5.44. The SMILES string of the molecule is CC(C)CC1=CN=C2C=NC(CC(C)C)=C12. The minimum absolute atomic E-state index is 0.653. The van der Waals surface area contributed by atoms with Gasteiger partial charge < -0.3 is 0 Å². The zero-order valence-electron chi connectivity index (χ0n) is 10.6. The predicted octanol–water partition coefficient (Wildman–Crippen LogP) is 3.76. The van der Waals surface area contributed by atoms with E-state index in [1.807, 2.05) is 12.4 Å². The monoisotopic (exact) mass is 216 g/mol. The van der Waals surface area contributed by atoms with Crippen molar-refractivity contribution >= 4 is 11.9 Å². The van der Waals surface area contributed by atoms with E-state index in [9.17, 15) is 0 Å². The number of nitrogens with zero attached hydrogens (tertiary/aromatic N) is 2. The van der Waals surface area contributed by atoms with Gasteiger partial charge in [-0.25, -0.2) is 0 Å². The third kappa shape index (κ3) is 2.16. The van der Waals surface area contributed by atoms with Crippen LogP contribution in [0.1, 0.15) is 40.5 Å². The molecule has 0 spiro atoms. The molecule has 2 nitrogen and oxygen atoms in total. The molecule has 0 saturated carbocycles. The molecular weight excluding hydrogens is 196 g/mol. The highest BCUT2D eigenvalue weighted by molar-refractivity contribution is 6.42. The van der Waals surface area contributed by atoms with E-state index in [4.69, 9.17) is 0 Å². The summed E-state index contributed by atoms with van der Waals surface area (Å²) in [5.41, 5.74) is 5.00. The van der Waals surface area contributed by atoms with Gasteiger partial charge in [-0.3, -0.25) is 9.98 Å². The fourth-order valence-corrected chi connectivity index (χ4v) is 2.21. The molecular formula is C14H20N2. The van der Waals surface area contributed by atoms with E-state index in [0.29, 0.717) is 11.8 Å². The predicted molar refractivity (Wildman–Crippen MR) is 69.9 cm³/mol. The molecule has 0 saturated heterocycles. The highest BCUT2D eigenvalue weighted by Crippen LogP contribution is 2.33. The van der Waals surface area contributed by atoms with Gasteiger partial charge in [0.1, 0.15) is 0 Å². The van der Waals surface area contributed by atoms with Crippen molar-refractivity contribution in [1.29, 1.82) is 0 Å². The molecule has 0 aromatic rings. The molecule has 0 amide bonds. The van der Waals surface area contributed by atoms with Crippen molar-refractivity contribution in [2.45, 2.75) is 40.5 Å². The van der Waals surface area contributed by atoms with Gasteiger partial charge in [0.25, 0.3) is 0 Å². The number of allylic oxidation sites excluding steroid dienone is 3. The lowest BCUT2D eigenvalue weighted by molar-refractivity contribution is 0.630. The molecule has 86 valence electrons. The van der Waals surface area contributed by atoms with Crippen LogP contribution in [0.3, 0.4) is 0 Å². The lowest BCUT2D eigenvalue weighted by Crippen LogP contribution is -2.02. The van der Waals surface area contributed by atoms with E-state index in [1.54, 1.807) is 0 Å². The zero-order valence-corrected chi connectivity index (χ0v) is 10.6. The normalized spacial score (nSPS) is 18.6. The first-order valence-corrected chi connectivity index (χ1v) is 6.12. The molecule has 0 radical (unpaired) electrons. The summed E-state index contributed by atoms with van der Waals surface area (Å²) in [4.78, 5) is 8.94. The van der Waals surface area contributed by atoms with E-state index in [2.05, 4.69) is 37.7 Å². The standard InChI is InChI=1S/C14H20N2/c1-9(2)5-11-7-15-13-8-16-12(14(11)13)6-10(3)4/h7-10H,5-6H2,1-4H3. The highest BCUT2D eigenvalue weighted by Gasteiger charge is 2.25. The first-order chi connectivity index (χ1) is 7.58. The maximum absolute atomic E-state index is 4.50. The Morgan fingerprint density at radius 3 is 2.38 bits per heavy atom. The number of hydrogen-bond acceptors (Lipinski definition) is 2. The van der Waals surface area contributed by atoms with Gasteiger partial charge in [0, 0.05) is 11.8 Å². The second-order valence-electron chi connectivity index (χ2n) is 5.44. The summed E-state index contributed by atoms with van der Waals surface area (Å²) in [5, 5.41) is 0. The van der Waals surface area contributed by atoms with Crippen LogP contribution < -0.4 is 0 Å². The molecule has 2 heteroatoms. The van der Waals surface area contributed by atoms with Gasteiger partial charge in [-0.15, -0.1) is 0 Å². The average molecular weight is 216 g/mol. The lowest BCUT2D eigenvalue weighted by Gasteiger charge is -2.10. The molecule has 2 heterocycles. The Balaban J connectivity index is 2.22. The molecule has 0 bridgehead atoms. The summed E-state index contributed by atoms with van der Waals surface area (Å²) in [6, 6.07) is 0. The molecule has 2 aliphatic heterocycles. The molecule has 0 unspecified atom stereocenters. The second kappa shape index (κ2) is 4.36. The molecule has 2 aliphatic rings. The Morgan fingerprint density at radius 2 is 1.75 bits per heavy atom. The van der Waals surface area contributed by atoms with Gasteiger partial charge in [0.05, 0.1) is 17.6 Å². The van der Waals surface area contributed by atoms with Crippen molar-refractivity contribution in [2.24, 2.45) is 21.8 Å². The number of aliphatic imine (C=N–C) groups is 2. The van der Waals surface area contributed by atoms with Crippen LogP contribution in [-0.4, -0.2) is 11.9 Å². The molecule has 2 rings (SSSR count). The number of rotatable bonds is 4. The third-order valence-corrected chi connectivity index (χ3v) is 2.80. The van der Waals surface area contributed by atoms with Gasteiger partial charge in [-0.05, 0) is 30.3 Å². The topological polar surface area (TPSA) is 24.7 Å². The first kappa shape index (κ1) is 11.3. The van der Waals surface area contributed by atoms with E-state index >= 15 is 0 Å². The van der Waals surface area contributed by atoms with E-state index < -0.39 is 0 Å². The fourth-order valence-electron chi connectivity index (χ4n) is 2.21. The summed E-state index contributed by atoms with van der Waals surface area (Å²) < 4.78 is 0. The molecule has 0 aliphatic carbocycles. The van der Waals surface area contributed by atoms with E-state index in [1.165, 1.54) is 16.8 Å². The summed E-state index contributed by atoms with van der Waals surface area (Å²) in [7, 11) is 0. The smallest absolute Gasteiger partial charge is 0.0906 e. The van der Waals surface area contributed by atoms with Gasteiger partial charge in [0.15, 0.2) is 0 Å². The largest absolute Gasteiger partial charge is 0.258 e. The minimum Gasteiger partial charge on any atom is -0.258 e. The Labute approximate surface area is 97.9 Å². The molecule has 0 aromatic carbocycles. The van der Waals surface area contributed by atoms with Crippen molar-refractivity contribution in [3.8, 4) is 0 Å². The van der Waals surface area contributed by atoms with Crippen LogP contribution in [0.15, 0.2) is 33.0 Å². The van der Waals surface area contributed by atoms with Gasteiger partial charge in [-0.1, -0.05) is 27.7 Å². The summed E-state index contributed by atoms with van der Waals surface area (Å²) >= 11 is 0. The lowest BCUT2D eigenvalue weighted by atomic mass is 9.93. The van der Waals surface area contributed by atoms with Crippen molar-refractivity contribution in [1.82, 2.24) is 0 Å². The minimum atomic E-state index is 0.653. The molecule has 16 heavy (non-hydrogen) atoms. The van der Waals surface area contributed by atoms with Crippen molar-refractivity contribution in [3.05, 3.63) is 23.0 Å². The quantitative estimate of drug-likeness (QED) is 0.683. The molecule has 0 fully saturated rings. The number of fused-ring (bicyclic) bond motifs is 1. The maximum Gasteiger partial charge on any atom is 0.0906 e. The van der Waals surface area contributed by atoms with Crippen molar-refractivity contribution in [3.63, 3.8) is 0 Å². The summed E-state index contributed by atoms with van der Waals surface area (Å²) in [6.45, 7) is 8.96. The zero-order chi connectivity index (χ0) is 11.7. The van der Waals surface area contributed by atoms with Crippen LogP contribution in [-0.2, 0) is 0 Å². The Hall–Kier alpha value is -1.18. The van der Waals surface area contributed by atoms with Crippen molar-refractivity contribution in [2.75, 3.05) is 0 Å². The van der Waals surface area contributed by atoms with Gasteiger partial charge in [-0.2, -0.15) is 0 Å². The van der Waals surface area contributed by atoms with Crippen LogP contribution >= 0.6 is 0 Å².